The van der Waals surface area contributed by atoms with Gasteiger partial charge in [-0.2, -0.15) is 0 Å². The minimum absolute atomic E-state index is 0.0000494. The molecule has 0 aromatic heterocycles. The minimum atomic E-state index is -1.43. The van der Waals surface area contributed by atoms with Crippen molar-refractivity contribution in [2.45, 2.75) is 31.3 Å². The lowest BCUT2D eigenvalue weighted by atomic mass is 9.88. The highest BCUT2D eigenvalue weighted by atomic mass is 16.4. The van der Waals surface area contributed by atoms with Crippen LogP contribution in [0.5, 0.6) is 0 Å². The van der Waals surface area contributed by atoms with E-state index in [-0.39, 0.29) is 25.2 Å². The largest absolute Gasteiger partial charge is 0.480 e. The summed E-state index contributed by atoms with van der Waals surface area (Å²) in [7, 11) is 0. The maximum Gasteiger partial charge on any atom is 0.323 e. The molecule has 0 radical (unpaired) electrons. The summed E-state index contributed by atoms with van der Waals surface area (Å²) in [5, 5.41) is 27.2. The molecule has 0 aliphatic heterocycles. The van der Waals surface area contributed by atoms with E-state index in [1.165, 1.54) is 4.90 Å². The molecule has 7 N–H and O–H groups in total. The van der Waals surface area contributed by atoms with Gasteiger partial charge in [-0.3, -0.25) is 29.4 Å². The molecule has 49 heavy (non-hydrogen) atoms. The van der Waals surface area contributed by atoms with Gasteiger partial charge in [-0.05, 0) is 33.9 Å². The predicted octanol–water partition coefficient (Wildman–Crippen LogP) is 2.77. The van der Waals surface area contributed by atoms with Crippen molar-refractivity contribution in [2.24, 2.45) is 11.5 Å². The molecule has 0 aliphatic rings. The van der Waals surface area contributed by atoms with Crippen molar-refractivity contribution in [1.29, 1.82) is 5.41 Å². The molecule has 4 rings (SSSR count). The van der Waals surface area contributed by atoms with E-state index < -0.39 is 54.7 Å². The number of hydrogen-bond donors (Lipinski definition) is 5. The number of nitrogen functional groups attached to an aromatic ring is 1. The summed E-state index contributed by atoms with van der Waals surface area (Å²) in [6.07, 6.45) is -0.155. The zero-order chi connectivity index (χ0) is 35.5. The summed E-state index contributed by atoms with van der Waals surface area (Å²) in [6.45, 7) is -1.97. The molecule has 0 saturated heterocycles. The SMILES string of the molecule is N=C(N)c1cccc(C[C@H](C(=O)N(CC(=O)O)CC(=O)O)N(Cc2ccc(CC(N)=O)cc2)C(=O)C(c2ccccc2)c2ccccc2)c1. The van der Waals surface area contributed by atoms with Gasteiger partial charge in [-0.15, -0.1) is 0 Å². The molecule has 0 fully saturated rings. The van der Waals surface area contributed by atoms with Gasteiger partial charge in [0.1, 0.15) is 25.0 Å². The van der Waals surface area contributed by atoms with Crippen LogP contribution in [0.1, 0.15) is 39.3 Å². The number of nitrogens with zero attached hydrogens (tertiary/aromatic N) is 2. The number of primary amides is 1. The molecule has 252 valence electrons. The molecule has 12 nitrogen and oxygen atoms in total. The van der Waals surface area contributed by atoms with Crippen LogP contribution in [0.3, 0.4) is 0 Å². The molecule has 12 heteroatoms. The molecule has 0 unspecified atom stereocenters. The van der Waals surface area contributed by atoms with Crippen LogP contribution in [0, 0.1) is 5.41 Å². The fraction of sp³-hybridized carbons (Fsp3) is 0.189. The molecular formula is C37H37N5O7. The third-order valence-corrected chi connectivity index (χ3v) is 7.84. The third kappa shape index (κ3) is 9.85. The Hall–Kier alpha value is -6.30. The Balaban J connectivity index is 1.92. The molecule has 4 aromatic carbocycles. The van der Waals surface area contributed by atoms with E-state index in [1.807, 2.05) is 12.1 Å². The highest BCUT2D eigenvalue weighted by Crippen LogP contribution is 2.30. The van der Waals surface area contributed by atoms with Gasteiger partial charge >= 0.3 is 11.9 Å². The van der Waals surface area contributed by atoms with Crippen LogP contribution in [0.25, 0.3) is 0 Å². The van der Waals surface area contributed by atoms with Crippen LogP contribution in [-0.4, -0.2) is 74.6 Å². The summed E-state index contributed by atoms with van der Waals surface area (Å²) in [5.41, 5.74) is 14.5. The van der Waals surface area contributed by atoms with Gasteiger partial charge in [-0.1, -0.05) is 103 Å². The second-order valence-corrected chi connectivity index (χ2v) is 11.5. The number of benzene rings is 4. The van der Waals surface area contributed by atoms with Crippen LogP contribution in [-0.2, 0) is 43.4 Å². The Morgan fingerprint density at radius 1 is 0.653 bits per heavy atom. The summed E-state index contributed by atoms with van der Waals surface area (Å²) in [4.78, 5) is 66.7. The van der Waals surface area contributed by atoms with Crippen LogP contribution >= 0.6 is 0 Å². The minimum Gasteiger partial charge on any atom is -0.480 e. The fourth-order valence-electron chi connectivity index (χ4n) is 5.61. The maximum absolute atomic E-state index is 15.0. The topological polar surface area (TPSA) is 208 Å². The van der Waals surface area contributed by atoms with Crippen molar-refractivity contribution in [3.63, 3.8) is 0 Å². The number of carboxylic acids is 2. The first-order valence-electron chi connectivity index (χ1n) is 15.3. The molecule has 3 amide bonds. The summed E-state index contributed by atoms with van der Waals surface area (Å²) < 4.78 is 0. The summed E-state index contributed by atoms with van der Waals surface area (Å²) >= 11 is 0. The van der Waals surface area contributed by atoms with Gasteiger partial charge in [0.25, 0.3) is 0 Å². The van der Waals surface area contributed by atoms with Gasteiger partial charge < -0.3 is 31.5 Å². The number of carbonyl (C=O) groups excluding carboxylic acids is 3. The molecule has 4 aromatic rings. The molecule has 0 bridgehead atoms. The highest BCUT2D eigenvalue weighted by Gasteiger charge is 2.38. The fourth-order valence-corrected chi connectivity index (χ4v) is 5.61. The van der Waals surface area contributed by atoms with Crippen molar-refractivity contribution in [3.8, 4) is 0 Å². The lowest BCUT2D eigenvalue weighted by Gasteiger charge is -2.36. The standard InChI is InChI=1S/C37H37N5O7/c38-31(43)20-24-14-16-25(17-15-24)21-42(37(49)34(27-9-3-1-4-10-27)28-11-5-2-6-12-28)30(19-26-8-7-13-29(18-26)35(39)40)36(48)41(22-32(44)45)23-33(46)47/h1-18,30,34H,19-23H2,(H2,38,43)(H3,39,40)(H,44,45)(H,46,47)/t30-/m1/s1. The predicted molar refractivity (Wildman–Crippen MR) is 181 cm³/mol. The van der Waals surface area contributed by atoms with Crippen LogP contribution in [0.4, 0.5) is 0 Å². The molecule has 1 atom stereocenters. The zero-order valence-electron chi connectivity index (χ0n) is 26.6. The van der Waals surface area contributed by atoms with Crippen molar-refractivity contribution in [3.05, 3.63) is 143 Å². The number of carbonyl (C=O) groups is 5. The number of carboxylic acid groups (broad SMARTS) is 2. The van der Waals surface area contributed by atoms with Crippen LogP contribution < -0.4 is 11.5 Å². The molecule has 0 saturated carbocycles. The van der Waals surface area contributed by atoms with E-state index in [0.717, 1.165) is 0 Å². The quantitative estimate of drug-likeness (QED) is 0.0887. The van der Waals surface area contributed by atoms with E-state index in [0.29, 0.717) is 38.3 Å². The lowest BCUT2D eigenvalue weighted by Crippen LogP contribution is -2.54. The van der Waals surface area contributed by atoms with Gasteiger partial charge in [0.2, 0.25) is 17.7 Å². The highest BCUT2D eigenvalue weighted by molar-refractivity contribution is 5.96. The van der Waals surface area contributed by atoms with E-state index in [9.17, 15) is 29.4 Å². The zero-order valence-corrected chi connectivity index (χ0v) is 26.6. The number of amidine groups is 1. The normalized spacial score (nSPS) is 11.4. The third-order valence-electron chi connectivity index (χ3n) is 7.84. The van der Waals surface area contributed by atoms with Gasteiger partial charge in [0.05, 0.1) is 12.3 Å². The van der Waals surface area contributed by atoms with E-state index in [2.05, 4.69) is 0 Å². The number of hydrogen-bond acceptors (Lipinski definition) is 6. The van der Waals surface area contributed by atoms with E-state index in [1.54, 1.807) is 97.1 Å². The first-order chi connectivity index (χ1) is 23.4. The van der Waals surface area contributed by atoms with Crippen LogP contribution in [0.15, 0.2) is 109 Å². The average Bonchev–Trinajstić information content (AvgIpc) is 3.07. The first-order valence-corrected chi connectivity index (χ1v) is 15.3. The number of aliphatic carboxylic acids is 2. The first kappa shape index (κ1) is 35.6. The van der Waals surface area contributed by atoms with Crippen molar-refractivity contribution in [2.75, 3.05) is 13.1 Å². The van der Waals surface area contributed by atoms with Gasteiger partial charge in [0.15, 0.2) is 0 Å². The molecular weight excluding hydrogens is 626 g/mol. The number of nitrogens with two attached hydrogens (primary N) is 2. The Bertz CT molecular complexity index is 1760. The average molecular weight is 664 g/mol. The molecule has 0 spiro atoms. The van der Waals surface area contributed by atoms with Crippen molar-refractivity contribution in [1.82, 2.24) is 9.80 Å². The molecule has 0 heterocycles. The Morgan fingerprint density at radius 3 is 1.67 bits per heavy atom. The second kappa shape index (κ2) is 16.5. The monoisotopic (exact) mass is 663 g/mol. The summed E-state index contributed by atoms with van der Waals surface area (Å²) in [5.74, 6) is -5.89. The lowest BCUT2D eigenvalue weighted by molar-refractivity contribution is -0.154. The Morgan fingerprint density at radius 2 is 1.18 bits per heavy atom. The number of nitrogens with one attached hydrogen (secondary N) is 1. The van der Waals surface area contributed by atoms with E-state index >= 15 is 4.79 Å². The number of rotatable bonds is 16. The van der Waals surface area contributed by atoms with Crippen molar-refractivity contribution < 1.29 is 34.2 Å². The van der Waals surface area contributed by atoms with Crippen LogP contribution in [0.2, 0.25) is 0 Å². The Labute approximate surface area is 283 Å². The number of amides is 3. The second-order valence-electron chi connectivity index (χ2n) is 11.5. The molecule has 0 aliphatic carbocycles. The van der Waals surface area contributed by atoms with Gasteiger partial charge in [0, 0.05) is 18.5 Å². The maximum atomic E-state index is 15.0. The summed E-state index contributed by atoms with van der Waals surface area (Å²) in [6, 6.07) is 29.8. The van der Waals surface area contributed by atoms with Crippen molar-refractivity contribution >= 4 is 35.5 Å². The smallest absolute Gasteiger partial charge is 0.323 e. The Kier molecular flexibility index (Phi) is 12.0. The van der Waals surface area contributed by atoms with Gasteiger partial charge in [-0.25, -0.2) is 0 Å². The van der Waals surface area contributed by atoms with E-state index in [4.69, 9.17) is 16.9 Å².